The first-order chi connectivity index (χ1) is 10.6. The van der Waals surface area contributed by atoms with Gasteiger partial charge in [-0.05, 0) is 61.3 Å². The number of hydrogen-bond acceptors (Lipinski definition) is 2. The quantitative estimate of drug-likeness (QED) is 0.759. The van der Waals surface area contributed by atoms with Crippen molar-refractivity contribution in [1.82, 2.24) is 0 Å². The van der Waals surface area contributed by atoms with Crippen LogP contribution < -0.4 is 0 Å². The summed E-state index contributed by atoms with van der Waals surface area (Å²) in [7, 11) is 0. The van der Waals surface area contributed by atoms with E-state index in [0.29, 0.717) is 18.3 Å². The van der Waals surface area contributed by atoms with Gasteiger partial charge in [-0.2, -0.15) is 0 Å². The number of carbonyl (C=O) groups excluding carboxylic acids is 1. The predicted molar refractivity (Wildman–Crippen MR) is 92.1 cm³/mol. The van der Waals surface area contributed by atoms with E-state index in [4.69, 9.17) is 5.11 Å². The van der Waals surface area contributed by atoms with Crippen LogP contribution in [0.3, 0.4) is 0 Å². The Labute approximate surface area is 139 Å². The minimum atomic E-state index is -0.879. The maximum Gasteiger partial charge on any atom is 0.328 e. The van der Waals surface area contributed by atoms with Crippen molar-refractivity contribution in [3.05, 3.63) is 23.3 Å². The Morgan fingerprint density at radius 1 is 1.35 bits per heavy atom. The second-order valence-electron chi connectivity index (χ2n) is 8.51. The Bertz CT molecular complexity index is 567. The van der Waals surface area contributed by atoms with E-state index in [1.807, 2.05) is 13.0 Å². The lowest BCUT2D eigenvalue weighted by atomic mass is 9.52. The Hall–Kier alpha value is -1.38. The van der Waals surface area contributed by atoms with Crippen molar-refractivity contribution in [2.24, 2.45) is 22.7 Å². The summed E-state index contributed by atoms with van der Waals surface area (Å²) in [6, 6.07) is 0. The number of aliphatic carboxylic acids is 1. The average Bonchev–Trinajstić information content (AvgIpc) is 2.39. The lowest BCUT2D eigenvalue weighted by Gasteiger charge is -2.52. The molecule has 23 heavy (non-hydrogen) atoms. The molecule has 2 aliphatic rings. The fraction of sp³-hybridized carbons (Fsp3) is 0.700. The zero-order valence-electron chi connectivity index (χ0n) is 15.1. The number of ketones is 1. The summed E-state index contributed by atoms with van der Waals surface area (Å²) in [6.45, 7) is 10.9. The molecule has 1 fully saturated rings. The van der Waals surface area contributed by atoms with Gasteiger partial charge in [-0.25, -0.2) is 4.79 Å². The number of carboxylic acid groups (broad SMARTS) is 1. The van der Waals surface area contributed by atoms with Crippen LogP contribution in [-0.2, 0) is 9.59 Å². The maximum absolute atomic E-state index is 12.2. The molecule has 2 aliphatic carbocycles. The minimum Gasteiger partial charge on any atom is -0.478 e. The van der Waals surface area contributed by atoms with Crippen molar-refractivity contribution in [2.75, 3.05) is 0 Å². The number of carbonyl (C=O) groups is 2. The van der Waals surface area contributed by atoms with Crippen LogP contribution in [0.5, 0.6) is 0 Å². The molecular formula is C20H30O3. The molecule has 3 atom stereocenters. The maximum atomic E-state index is 12.2. The molecule has 0 aliphatic heterocycles. The highest BCUT2D eigenvalue weighted by molar-refractivity contribution is 5.92. The average molecular weight is 318 g/mol. The van der Waals surface area contributed by atoms with E-state index >= 15 is 0 Å². The van der Waals surface area contributed by atoms with Gasteiger partial charge in [0.2, 0.25) is 0 Å². The predicted octanol–water partition coefficient (Wildman–Crippen LogP) is 4.78. The van der Waals surface area contributed by atoms with Gasteiger partial charge in [-0.3, -0.25) is 4.79 Å². The number of hydrogen-bond donors (Lipinski definition) is 1. The van der Waals surface area contributed by atoms with Crippen molar-refractivity contribution in [1.29, 1.82) is 0 Å². The van der Waals surface area contributed by atoms with E-state index in [-0.39, 0.29) is 16.6 Å². The molecule has 1 N–H and O–H groups in total. The molecule has 0 heterocycles. The minimum absolute atomic E-state index is 0.0100. The van der Waals surface area contributed by atoms with Crippen molar-refractivity contribution < 1.29 is 14.7 Å². The third kappa shape index (κ3) is 3.59. The third-order valence-electron chi connectivity index (χ3n) is 6.31. The molecule has 0 saturated heterocycles. The lowest BCUT2D eigenvalue weighted by Crippen LogP contribution is -2.44. The fourth-order valence-corrected chi connectivity index (χ4v) is 4.58. The van der Waals surface area contributed by atoms with E-state index in [0.717, 1.165) is 24.8 Å². The van der Waals surface area contributed by atoms with Crippen LogP contribution in [0.25, 0.3) is 0 Å². The standard InChI is InChI=1S/C20H30O3/c1-13(10-18(22)23)8-9-20(5)14(2)6-7-16-17(20)11-15(21)12-19(16,3)4/h10-11,14,16H,6-9,12H2,1-5H3,(H,22,23)/b13-10+/t14-,16-,20-/m1/s1. The first-order valence-electron chi connectivity index (χ1n) is 8.71. The van der Waals surface area contributed by atoms with Crippen LogP contribution in [0.4, 0.5) is 0 Å². The first-order valence-corrected chi connectivity index (χ1v) is 8.71. The molecule has 0 aromatic carbocycles. The van der Waals surface area contributed by atoms with Crippen LogP contribution in [0.1, 0.15) is 66.7 Å². The monoisotopic (exact) mass is 318 g/mol. The second-order valence-corrected chi connectivity index (χ2v) is 8.51. The van der Waals surface area contributed by atoms with E-state index < -0.39 is 5.97 Å². The molecule has 0 unspecified atom stereocenters. The summed E-state index contributed by atoms with van der Waals surface area (Å²) in [6.07, 6.45) is 7.88. The van der Waals surface area contributed by atoms with Crippen LogP contribution in [0.15, 0.2) is 23.3 Å². The van der Waals surface area contributed by atoms with Gasteiger partial charge >= 0.3 is 5.97 Å². The van der Waals surface area contributed by atoms with Crippen molar-refractivity contribution in [2.45, 2.75) is 66.7 Å². The van der Waals surface area contributed by atoms with Gasteiger partial charge in [0.05, 0.1) is 0 Å². The number of allylic oxidation sites excluding steroid dienone is 3. The Kier molecular flexibility index (Phi) is 4.89. The van der Waals surface area contributed by atoms with Crippen LogP contribution in [-0.4, -0.2) is 16.9 Å². The van der Waals surface area contributed by atoms with Crippen LogP contribution in [0, 0.1) is 22.7 Å². The summed E-state index contributed by atoms with van der Waals surface area (Å²) in [5, 5.41) is 8.90. The zero-order valence-corrected chi connectivity index (χ0v) is 15.1. The summed E-state index contributed by atoms with van der Waals surface area (Å²) in [5.74, 6) is 0.365. The normalized spacial score (nSPS) is 33.9. The Balaban J connectivity index is 2.30. The van der Waals surface area contributed by atoms with E-state index in [2.05, 4.69) is 27.7 Å². The Morgan fingerprint density at radius 2 is 2.00 bits per heavy atom. The Morgan fingerprint density at radius 3 is 2.61 bits per heavy atom. The van der Waals surface area contributed by atoms with Gasteiger partial charge in [0, 0.05) is 12.5 Å². The zero-order chi connectivity index (χ0) is 17.4. The highest BCUT2D eigenvalue weighted by Gasteiger charge is 2.49. The van der Waals surface area contributed by atoms with Gasteiger partial charge in [-0.15, -0.1) is 0 Å². The molecule has 3 heteroatoms. The molecule has 0 amide bonds. The molecule has 1 saturated carbocycles. The molecule has 2 rings (SSSR count). The van der Waals surface area contributed by atoms with E-state index in [1.54, 1.807) is 0 Å². The molecule has 3 nitrogen and oxygen atoms in total. The van der Waals surface area contributed by atoms with Crippen LogP contribution in [0.2, 0.25) is 0 Å². The number of carboxylic acids is 1. The van der Waals surface area contributed by atoms with Gasteiger partial charge in [-0.1, -0.05) is 38.8 Å². The molecule has 0 radical (unpaired) electrons. The number of rotatable bonds is 4. The fourth-order valence-electron chi connectivity index (χ4n) is 4.58. The third-order valence-corrected chi connectivity index (χ3v) is 6.31. The number of fused-ring (bicyclic) bond motifs is 1. The summed E-state index contributed by atoms with van der Waals surface area (Å²) >= 11 is 0. The largest absolute Gasteiger partial charge is 0.478 e. The summed E-state index contributed by atoms with van der Waals surface area (Å²) < 4.78 is 0. The highest BCUT2D eigenvalue weighted by atomic mass is 16.4. The van der Waals surface area contributed by atoms with Crippen LogP contribution >= 0.6 is 0 Å². The van der Waals surface area contributed by atoms with Gasteiger partial charge in [0.25, 0.3) is 0 Å². The summed E-state index contributed by atoms with van der Waals surface area (Å²) in [4.78, 5) is 23.1. The van der Waals surface area contributed by atoms with Gasteiger partial charge in [0.1, 0.15) is 0 Å². The van der Waals surface area contributed by atoms with Gasteiger partial charge < -0.3 is 5.11 Å². The molecular weight excluding hydrogens is 288 g/mol. The van der Waals surface area contributed by atoms with Crippen molar-refractivity contribution in [3.8, 4) is 0 Å². The second kappa shape index (κ2) is 6.26. The van der Waals surface area contributed by atoms with Crippen molar-refractivity contribution in [3.63, 3.8) is 0 Å². The first kappa shape index (κ1) is 18.0. The molecule has 0 spiro atoms. The van der Waals surface area contributed by atoms with E-state index in [1.165, 1.54) is 18.1 Å². The molecule has 128 valence electrons. The summed E-state index contributed by atoms with van der Waals surface area (Å²) in [5.41, 5.74) is 2.24. The highest BCUT2D eigenvalue weighted by Crippen LogP contribution is 2.57. The topological polar surface area (TPSA) is 54.4 Å². The van der Waals surface area contributed by atoms with Crippen molar-refractivity contribution >= 4 is 11.8 Å². The molecule has 0 aromatic heterocycles. The molecule has 0 aromatic rings. The van der Waals surface area contributed by atoms with Gasteiger partial charge in [0.15, 0.2) is 5.78 Å². The SMILES string of the molecule is C/C(=C\C(=O)O)CC[C@@]1(C)C2=CC(=O)CC(C)(C)[C@@H]2CC[C@H]1C. The lowest BCUT2D eigenvalue weighted by molar-refractivity contribution is -0.131. The van der Waals surface area contributed by atoms with E-state index in [9.17, 15) is 9.59 Å². The molecule has 0 bridgehead atoms. The smallest absolute Gasteiger partial charge is 0.328 e.